The largest absolute Gasteiger partial charge is 0.385 e. The molecule has 3 rings (SSSR count). The predicted octanol–water partition coefficient (Wildman–Crippen LogP) is 5.57. The van der Waals surface area contributed by atoms with Gasteiger partial charge in [-0.3, -0.25) is 9.59 Å². The summed E-state index contributed by atoms with van der Waals surface area (Å²) in [5, 5.41) is 12.9. The van der Waals surface area contributed by atoms with Gasteiger partial charge in [-0.15, -0.1) is 0 Å². The molecule has 11 nitrogen and oxygen atoms in total. The van der Waals surface area contributed by atoms with Crippen LogP contribution in [-0.4, -0.2) is 72.6 Å². The first-order chi connectivity index (χ1) is 27.0. The highest BCUT2D eigenvalue weighted by molar-refractivity contribution is 5.81. The number of hydrogen-bond donors (Lipinski definition) is 7. The topological polar surface area (TPSA) is 168 Å². The van der Waals surface area contributed by atoms with E-state index in [1.807, 2.05) is 38.1 Å². The smallest absolute Gasteiger partial charge is 0.236 e. The first-order valence-corrected chi connectivity index (χ1v) is 20.0. The van der Waals surface area contributed by atoms with Crippen molar-refractivity contribution in [1.82, 2.24) is 30.7 Å². The maximum atomic E-state index is 15.4. The third-order valence-corrected chi connectivity index (χ3v) is 10.2. The SMILES string of the molecule is C=C(NC(CCN(C(=C)C)C(c1cc(-c2cc(C)ccc2F)cn1Cc1ccccc1)C(C)(C)C)C(=C)NCCNC(=O)C(N)CCCCN)C(CC(N)=O)NC. The second kappa shape index (κ2) is 22.1. The van der Waals surface area contributed by atoms with Gasteiger partial charge in [0.15, 0.2) is 0 Å². The lowest BCUT2D eigenvalue weighted by molar-refractivity contribution is -0.122. The first-order valence-electron chi connectivity index (χ1n) is 20.0. The number of halogens is 1. The van der Waals surface area contributed by atoms with Crippen molar-refractivity contribution >= 4 is 11.8 Å². The summed E-state index contributed by atoms with van der Waals surface area (Å²) in [6, 6.07) is 16.1. The zero-order chi connectivity index (χ0) is 42.3. The quantitative estimate of drug-likeness (QED) is 0.0547. The molecule has 0 aliphatic heterocycles. The zero-order valence-corrected chi connectivity index (χ0v) is 35.1. The van der Waals surface area contributed by atoms with Crippen LogP contribution in [0.4, 0.5) is 4.39 Å². The van der Waals surface area contributed by atoms with Crippen LogP contribution in [0.5, 0.6) is 0 Å². The highest BCUT2D eigenvalue weighted by Crippen LogP contribution is 2.42. The zero-order valence-electron chi connectivity index (χ0n) is 35.1. The van der Waals surface area contributed by atoms with E-state index >= 15 is 4.39 Å². The molecule has 0 bridgehead atoms. The van der Waals surface area contributed by atoms with Gasteiger partial charge in [-0.1, -0.05) is 88.9 Å². The average molecular weight is 786 g/mol. The highest BCUT2D eigenvalue weighted by Gasteiger charge is 2.35. The maximum absolute atomic E-state index is 15.4. The highest BCUT2D eigenvalue weighted by atomic mass is 19.1. The summed E-state index contributed by atoms with van der Waals surface area (Å²) < 4.78 is 17.6. The summed E-state index contributed by atoms with van der Waals surface area (Å²) in [7, 11) is 1.75. The molecule has 10 N–H and O–H groups in total. The molecule has 4 unspecified atom stereocenters. The Labute approximate surface area is 340 Å². The van der Waals surface area contributed by atoms with E-state index in [0.717, 1.165) is 40.9 Å². The van der Waals surface area contributed by atoms with Crippen molar-refractivity contribution < 1.29 is 14.0 Å². The summed E-state index contributed by atoms with van der Waals surface area (Å²) in [6.45, 7) is 26.2. The number of aryl methyl sites for hydroxylation is 1. The molecule has 4 atom stereocenters. The molecule has 57 heavy (non-hydrogen) atoms. The molecule has 0 aliphatic carbocycles. The first kappa shape index (κ1) is 46.5. The van der Waals surface area contributed by atoms with Gasteiger partial charge in [0.25, 0.3) is 0 Å². The third-order valence-electron chi connectivity index (χ3n) is 10.2. The summed E-state index contributed by atoms with van der Waals surface area (Å²) in [5.74, 6) is -0.927. The van der Waals surface area contributed by atoms with Crippen LogP contribution in [-0.2, 0) is 16.1 Å². The van der Waals surface area contributed by atoms with E-state index < -0.39 is 18.0 Å². The lowest BCUT2D eigenvalue weighted by Crippen LogP contribution is -2.46. The second-order valence-corrected chi connectivity index (χ2v) is 16.1. The molecule has 3 aromatic rings. The van der Waals surface area contributed by atoms with Gasteiger partial charge in [0, 0.05) is 72.7 Å². The van der Waals surface area contributed by atoms with E-state index in [1.54, 1.807) is 13.1 Å². The number of primary amides is 1. The molecule has 0 spiro atoms. The van der Waals surface area contributed by atoms with Crippen molar-refractivity contribution in [1.29, 1.82) is 0 Å². The minimum absolute atomic E-state index is 0.0682. The second-order valence-electron chi connectivity index (χ2n) is 16.1. The summed E-state index contributed by atoms with van der Waals surface area (Å²) in [6.07, 6.45) is 4.88. The van der Waals surface area contributed by atoms with Crippen LogP contribution < -0.4 is 38.5 Å². The van der Waals surface area contributed by atoms with Gasteiger partial charge in [0.2, 0.25) is 11.8 Å². The molecule has 0 fully saturated rings. The Morgan fingerprint density at radius 2 is 1.63 bits per heavy atom. The molecule has 2 amide bonds. The number of rotatable bonds is 25. The van der Waals surface area contributed by atoms with E-state index in [-0.39, 0.29) is 35.6 Å². The fourth-order valence-electron chi connectivity index (χ4n) is 7.12. The molecule has 0 radical (unpaired) electrons. The molecule has 1 aromatic heterocycles. The number of nitrogens with zero attached hydrogens (tertiary/aromatic N) is 2. The van der Waals surface area contributed by atoms with Gasteiger partial charge >= 0.3 is 0 Å². The number of benzene rings is 2. The van der Waals surface area contributed by atoms with Crippen LogP contribution in [0.3, 0.4) is 0 Å². The van der Waals surface area contributed by atoms with E-state index in [9.17, 15) is 9.59 Å². The predicted molar refractivity (Wildman–Crippen MR) is 232 cm³/mol. The van der Waals surface area contributed by atoms with Gasteiger partial charge in [-0.05, 0) is 75.9 Å². The number of nitrogens with one attached hydrogen (secondary N) is 4. The van der Waals surface area contributed by atoms with E-state index in [1.165, 1.54) is 6.07 Å². The van der Waals surface area contributed by atoms with Crippen LogP contribution in [0.1, 0.15) is 82.7 Å². The van der Waals surface area contributed by atoms with Crippen molar-refractivity contribution in [2.75, 3.05) is 33.2 Å². The molecular weight excluding hydrogens is 718 g/mol. The summed E-state index contributed by atoms with van der Waals surface area (Å²) in [5.41, 5.74) is 23.6. The van der Waals surface area contributed by atoms with Gasteiger partial charge < -0.3 is 47.9 Å². The Morgan fingerprint density at radius 1 is 0.947 bits per heavy atom. The fraction of sp³-hybridized carbons (Fsp3) is 0.467. The molecule has 0 aliphatic rings. The summed E-state index contributed by atoms with van der Waals surface area (Å²) >= 11 is 0. The number of amides is 2. The Hall–Kier alpha value is -4.91. The minimum Gasteiger partial charge on any atom is -0.385 e. The number of aromatic nitrogens is 1. The van der Waals surface area contributed by atoms with Gasteiger partial charge in [0.05, 0.1) is 24.2 Å². The van der Waals surface area contributed by atoms with Gasteiger partial charge in [-0.2, -0.15) is 0 Å². The number of allylic oxidation sites excluding steroid dienone is 1. The maximum Gasteiger partial charge on any atom is 0.236 e. The van der Waals surface area contributed by atoms with Crippen molar-refractivity contribution in [3.05, 3.63) is 120 Å². The number of nitrogens with two attached hydrogens (primary N) is 3. The number of carbonyl (C=O) groups is 2. The average Bonchev–Trinajstić information content (AvgIpc) is 3.55. The summed E-state index contributed by atoms with van der Waals surface area (Å²) in [4.78, 5) is 26.8. The van der Waals surface area contributed by atoms with Crippen LogP contribution >= 0.6 is 0 Å². The van der Waals surface area contributed by atoms with E-state index in [2.05, 4.69) is 95.6 Å². The van der Waals surface area contributed by atoms with Crippen LogP contribution in [0, 0.1) is 18.2 Å². The fourth-order valence-corrected chi connectivity index (χ4v) is 7.12. The normalized spacial score (nSPS) is 13.6. The van der Waals surface area contributed by atoms with Gasteiger partial charge in [0.1, 0.15) is 5.82 Å². The Balaban J connectivity index is 1.96. The van der Waals surface area contributed by atoms with Crippen molar-refractivity contribution in [3.63, 3.8) is 0 Å². The minimum atomic E-state index is -0.592. The molecule has 1 heterocycles. The lowest BCUT2D eigenvalue weighted by Gasteiger charge is -2.43. The Kier molecular flexibility index (Phi) is 18.1. The monoisotopic (exact) mass is 786 g/mol. The number of likely N-dealkylation sites (N-methyl/N-ethyl adjacent to an activating group) is 1. The molecule has 2 aromatic carbocycles. The van der Waals surface area contributed by atoms with Crippen LogP contribution in [0.2, 0.25) is 0 Å². The van der Waals surface area contributed by atoms with Crippen molar-refractivity contribution in [2.45, 2.75) is 97.4 Å². The van der Waals surface area contributed by atoms with E-state index in [0.29, 0.717) is 62.5 Å². The van der Waals surface area contributed by atoms with E-state index in [4.69, 9.17) is 17.2 Å². The van der Waals surface area contributed by atoms with Crippen LogP contribution in [0.25, 0.3) is 11.1 Å². The molecule has 0 saturated carbocycles. The van der Waals surface area contributed by atoms with Crippen molar-refractivity contribution in [2.24, 2.45) is 22.6 Å². The lowest BCUT2D eigenvalue weighted by atomic mass is 9.82. The molecule has 12 heteroatoms. The molecule has 312 valence electrons. The molecular formula is C45H68FN9O2. The number of carbonyl (C=O) groups excluding carboxylic acids is 2. The number of hydrogen-bond acceptors (Lipinski definition) is 8. The third kappa shape index (κ3) is 14.2. The molecule has 0 saturated heterocycles. The Bertz CT molecular complexity index is 1800. The van der Waals surface area contributed by atoms with Crippen LogP contribution in [0.15, 0.2) is 97.6 Å². The van der Waals surface area contributed by atoms with Crippen molar-refractivity contribution in [3.8, 4) is 11.1 Å². The number of unbranched alkanes of at least 4 members (excludes halogenated alkanes) is 1. The standard InChI is InChI=1S/C45H68FN9O2/c1-30(2)55(24-20-39(53-33(5)40(50-9)27-42(49)56)32(4)51-22-23-52-44(57)38(48)17-13-14-21-47)43(45(6,7)8)41-26-35(36-25-31(3)18-19-37(36)46)29-54(41)28-34-15-11-10-12-16-34/h10-12,15-16,18-19,25-26,29,38-40,43,50-51,53H,1,4-5,13-14,17,20-24,27-28,47-48H2,2-3,6-9H3,(H2,49,56)(H,52,57). The van der Waals surface area contributed by atoms with Gasteiger partial charge in [-0.25, -0.2) is 4.39 Å². The Morgan fingerprint density at radius 3 is 2.25 bits per heavy atom.